The first-order chi connectivity index (χ1) is 14.3. The molecule has 0 heterocycles. The van der Waals surface area contributed by atoms with E-state index in [1.807, 2.05) is 37.3 Å². The van der Waals surface area contributed by atoms with Crippen LogP contribution in [0.5, 0.6) is 0 Å². The van der Waals surface area contributed by atoms with Crippen molar-refractivity contribution in [2.24, 2.45) is 0 Å². The molecule has 0 saturated carbocycles. The highest BCUT2D eigenvalue weighted by Crippen LogP contribution is 2.27. The first-order valence-corrected chi connectivity index (χ1v) is 11.9. The number of benzene rings is 3. The molecule has 156 valence electrons. The molecule has 0 aliphatic rings. The van der Waals surface area contributed by atoms with Crippen LogP contribution >= 0.6 is 11.8 Å². The van der Waals surface area contributed by atoms with Gasteiger partial charge in [0.1, 0.15) is 0 Å². The SMILES string of the molecule is Cc1ccccc1NS(=O)(=O)c1ccc(NC(=O)c2ccccc2SC(C)C)cc1. The largest absolute Gasteiger partial charge is 0.322 e. The van der Waals surface area contributed by atoms with Crippen LogP contribution < -0.4 is 10.0 Å². The Morgan fingerprint density at radius 3 is 2.20 bits per heavy atom. The van der Waals surface area contributed by atoms with Gasteiger partial charge in [0.25, 0.3) is 15.9 Å². The molecule has 0 radical (unpaired) electrons. The van der Waals surface area contributed by atoms with Gasteiger partial charge in [0.2, 0.25) is 0 Å². The molecule has 0 unspecified atom stereocenters. The normalized spacial score (nSPS) is 11.3. The zero-order valence-electron chi connectivity index (χ0n) is 17.0. The van der Waals surface area contributed by atoms with Crippen LogP contribution in [0.1, 0.15) is 29.8 Å². The number of anilines is 2. The third-order valence-corrected chi connectivity index (χ3v) is 6.77. The zero-order valence-corrected chi connectivity index (χ0v) is 18.7. The number of aryl methyl sites for hydroxylation is 1. The Kier molecular flexibility index (Phi) is 6.84. The van der Waals surface area contributed by atoms with E-state index in [2.05, 4.69) is 23.9 Å². The molecule has 0 bridgehead atoms. The molecule has 3 rings (SSSR count). The molecule has 0 fully saturated rings. The first-order valence-electron chi connectivity index (χ1n) is 9.52. The summed E-state index contributed by atoms with van der Waals surface area (Å²) in [5.41, 5.74) is 2.49. The maximum atomic E-state index is 12.7. The number of hydrogen-bond donors (Lipinski definition) is 2. The maximum Gasteiger partial charge on any atom is 0.261 e. The van der Waals surface area contributed by atoms with Gasteiger partial charge >= 0.3 is 0 Å². The van der Waals surface area contributed by atoms with Crippen LogP contribution in [0.4, 0.5) is 11.4 Å². The summed E-state index contributed by atoms with van der Waals surface area (Å²) in [5.74, 6) is -0.229. The molecular formula is C23H24N2O3S2. The molecule has 7 heteroatoms. The molecule has 30 heavy (non-hydrogen) atoms. The van der Waals surface area contributed by atoms with Crippen molar-refractivity contribution in [2.45, 2.75) is 35.8 Å². The van der Waals surface area contributed by atoms with E-state index in [9.17, 15) is 13.2 Å². The van der Waals surface area contributed by atoms with Gasteiger partial charge in [0.05, 0.1) is 16.1 Å². The third-order valence-electron chi connectivity index (χ3n) is 4.31. The zero-order chi connectivity index (χ0) is 21.7. The minimum Gasteiger partial charge on any atom is -0.322 e. The second-order valence-electron chi connectivity index (χ2n) is 7.06. The van der Waals surface area contributed by atoms with Gasteiger partial charge in [-0.2, -0.15) is 0 Å². The van der Waals surface area contributed by atoms with E-state index in [0.717, 1.165) is 10.5 Å². The van der Waals surface area contributed by atoms with Crippen molar-refractivity contribution in [1.82, 2.24) is 0 Å². The number of carbonyl (C=O) groups is 1. The van der Waals surface area contributed by atoms with E-state index < -0.39 is 10.0 Å². The number of sulfonamides is 1. The lowest BCUT2D eigenvalue weighted by Gasteiger charge is -2.13. The fourth-order valence-corrected chi connectivity index (χ4v) is 4.90. The Hall–Kier alpha value is -2.77. The van der Waals surface area contributed by atoms with Crippen LogP contribution in [0.3, 0.4) is 0 Å². The summed E-state index contributed by atoms with van der Waals surface area (Å²) in [6.07, 6.45) is 0. The topological polar surface area (TPSA) is 75.3 Å². The lowest BCUT2D eigenvalue weighted by Crippen LogP contribution is -2.15. The third kappa shape index (κ3) is 5.43. The number of rotatable bonds is 7. The molecular weight excluding hydrogens is 416 g/mol. The average Bonchev–Trinajstić information content (AvgIpc) is 2.70. The average molecular weight is 441 g/mol. The van der Waals surface area contributed by atoms with Crippen molar-refractivity contribution in [3.05, 3.63) is 83.9 Å². The van der Waals surface area contributed by atoms with Crippen LogP contribution in [0.15, 0.2) is 82.6 Å². The molecule has 3 aromatic carbocycles. The second-order valence-corrected chi connectivity index (χ2v) is 10.4. The maximum absolute atomic E-state index is 12.7. The molecule has 0 saturated heterocycles. The lowest BCUT2D eigenvalue weighted by molar-refractivity contribution is 0.102. The molecule has 5 nitrogen and oxygen atoms in total. The summed E-state index contributed by atoms with van der Waals surface area (Å²) in [5, 5.41) is 3.19. The monoisotopic (exact) mass is 440 g/mol. The second kappa shape index (κ2) is 9.36. The summed E-state index contributed by atoms with van der Waals surface area (Å²) in [7, 11) is -3.72. The van der Waals surface area contributed by atoms with E-state index in [1.54, 1.807) is 42.1 Å². The number of carbonyl (C=O) groups excluding carboxylic acids is 1. The summed E-state index contributed by atoms with van der Waals surface area (Å²) in [6, 6.07) is 20.7. The van der Waals surface area contributed by atoms with Gasteiger partial charge in [-0.1, -0.05) is 44.2 Å². The van der Waals surface area contributed by atoms with Gasteiger partial charge in [-0.3, -0.25) is 9.52 Å². The van der Waals surface area contributed by atoms with Crippen molar-refractivity contribution in [1.29, 1.82) is 0 Å². The summed E-state index contributed by atoms with van der Waals surface area (Å²) in [4.78, 5) is 13.8. The predicted octanol–water partition coefficient (Wildman–Crippen LogP) is 5.55. The minimum atomic E-state index is -3.72. The summed E-state index contributed by atoms with van der Waals surface area (Å²) in [6.45, 7) is 5.98. The van der Waals surface area contributed by atoms with Crippen molar-refractivity contribution in [2.75, 3.05) is 10.0 Å². The fraction of sp³-hybridized carbons (Fsp3) is 0.174. The van der Waals surface area contributed by atoms with Gasteiger partial charge in [-0.15, -0.1) is 11.8 Å². The van der Waals surface area contributed by atoms with E-state index in [1.165, 1.54) is 12.1 Å². The molecule has 1 amide bonds. The standard InChI is InChI=1S/C23H24N2O3S2/c1-16(2)29-22-11-7-5-9-20(22)23(26)24-18-12-14-19(15-13-18)30(27,28)25-21-10-6-4-8-17(21)3/h4-16,25H,1-3H3,(H,24,26). The Balaban J connectivity index is 1.75. The first kappa shape index (κ1) is 21.9. The Morgan fingerprint density at radius 2 is 1.53 bits per heavy atom. The highest BCUT2D eigenvalue weighted by atomic mass is 32.2. The molecule has 3 aromatic rings. The van der Waals surface area contributed by atoms with E-state index >= 15 is 0 Å². The lowest BCUT2D eigenvalue weighted by atomic mass is 10.2. The Labute approximate surface area is 182 Å². The van der Waals surface area contributed by atoms with Crippen molar-refractivity contribution < 1.29 is 13.2 Å². The molecule has 0 aromatic heterocycles. The molecule has 0 spiro atoms. The quantitative estimate of drug-likeness (QED) is 0.473. The van der Waals surface area contributed by atoms with Crippen LogP contribution in [-0.4, -0.2) is 19.6 Å². The van der Waals surface area contributed by atoms with Gasteiger partial charge in [0, 0.05) is 15.8 Å². The van der Waals surface area contributed by atoms with Gasteiger partial charge in [-0.05, 0) is 55.0 Å². The molecule has 0 aliphatic heterocycles. The van der Waals surface area contributed by atoms with Crippen molar-refractivity contribution >= 4 is 39.1 Å². The highest BCUT2D eigenvalue weighted by molar-refractivity contribution is 8.00. The van der Waals surface area contributed by atoms with E-state index in [-0.39, 0.29) is 10.8 Å². The molecule has 2 N–H and O–H groups in total. The van der Waals surface area contributed by atoms with Crippen LogP contribution in [0.2, 0.25) is 0 Å². The number of nitrogens with one attached hydrogen (secondary N) is 2. The summed E-state index contributed by atoms with van der Waals surface area (Å²) < 4.78 is 27.9. The van der Waals surface area contributed by atoms with Gasteiger partial charge in [-0.25, -0.2) is 8.42 Å². The van der Waals surface area contributed by atoms with E-state index in [4.69, 9.17) is 0 Å². The van der Waals surface area contributed by atoms with Crippen LogP contribution in [-0.2, 0) is 10.0 Å². The minimum absolute atomic E-state index is 0.125. The number of amides is 1. The van der Waals surface area contributed by atoms with Crippen molar-refractivity contribution in [3.63, 3.8) is 0 Å². The molecule has 0 aliphatic carbocycles. The smallest absolute Gasteiger partial charge is 0.261 e. The van der Waals surface area contributed by atoms with Gasteiger partial charge in [0.15, 0.2) is 0 Å². The molecule has 0 atom stereocenters. The van der Waals surface area contributed by atoms with E-state index in [0.29, 0.717) is 22.2 Å². The number of para-hydroxylation sites is 1. The van der Waals surface area contributed by atoms with Crippen LogP contribution in [0, 0.1) is 6.92 Å². The van der Waals surface area contributed by atoms with Crippen LogP contribution in [0.25, 0.3) is 0 Å². The summed E-state index contributed by atoms with van der Waals surface area (Å²) >= 11 is 1.62. The highest BCUT2D eigenvalue weighted by Gasteiger charge is 2.16. The van der Waals surface area contributed by atoms with Crippen molar-refractivity contribution in [3.8, 4) is 0 Å². The predicted molar refractivity (Wildman–Crippen MR) is 124 cm³/mol. The Bertz CT molecular complexity index is 1140. The number of hydrogen-bond acceptors (Lipinski definition) is 4. The van der Waals surface area contributed by atoms with Gasteiger partial charge < -0.3 is 5.32 Å². The fourth-order valence-electron chi connectivity index (χ4n) is 2.82. The number of thioether (sulfide) groups is 1. The Morgan fingerprint density at radius 1 is 0.900 bits per heavy atom.